The minimum Gasteiger partial charge on any atom is -0.374 e. The van der Waals surface area contributed by atoms with Crippen molar-refractivity contribution in [3.63, 3.8) is 0 Å². The summed E-state index contributed by atoms with van der Waals surface area (Å²) in [6, 6.07) is 0.739. The molecule has 0 radical (unpaired) electrons. The van der Waals surface area contributed by atoms with Gasteiger partial charge >= 0.3 is 0 Å². The molecule has 19 heavy (non-hydrogen) atoms. The predicted molar refractivity (Wildman–Crippen MR) is 81.4 cm³/mol. The van der Waals surface area contributed by atoms with Gasteiger partial charge < -0.3 is 10.1 Å². The average molecular weight is 267 g/mol. The van der Waals surface area contributed by atoms with E-state index in [2.05, 4.69) is 33.0 Å². The molecular formula is C17H33NO. The molecule has 2 heteroatoms. The summed E-state index contributed by atoms with van der Waals surface area (Å²) < 4.78 is 5.88. The standard InChI is InChI=1S/C17H33NO/c1-5-17(3,4)14-7-9-15(10-8-14)18-12-16-11-6-13(2)19-16/h13-16,18H,5-12H2,1-4H3. The van der Waals surface area contributed by atoms with Gasteiger partial charge in [0.1, 0.15) is 0 Å². The summed E-state index contributed by atoms with van der Waals surface area (Å²) in [5.74, 6) is 0.929. The highest BCUT2D eigenvalue weighted by Crippen LogP contribution is 2.40. The van der Waals surface area contributed by atoms with E-state index in [9.17, 15) is 0 Å². The Morgan fingerprint density at radius 3 is 2.26 bits per heavy atom. The Bertz CT molecular complexity index is 268. The third kappa shape index (κ3) is 4.19. The average Bonchev–Trinajstić information content (AvgIpc) is 2.83. The van der Waals surface area contributed by atoms with Gasteiger partial charge in [0.15, 0.2) is 0 Å². The molecule has 2 fully saturated rings. The van der Waals surface area contributed by atoms with E-state index in [4.69, 9.17) is 4.74 Å². The van der Waals surface area contributed by atoms with Crippen LogP contribution in [0.4, 0.5) is 0 Å². The largest absolute Gasteiger partial charge is 0.374 e. The molecule has 1 N–H and O–H groups in total. The van der Waals surface area contributed by atoms with Crippen LogP contribution in [0.3, 0.4) is 0 Å². The predicted octanol–water partition coefficient (Wildman–Crippen LogP) is 4.14. The molecule has 1 saturated heterocycles. The Hall–Kier alpha value is -0.0800. The van der Waals surface area contributed by atoms with E-state index in [1.807, 2.05) is 0 Å². The first-order valence-corrected chi connectivity index (χ1v) is 8.40. The number of nitrogens with one attached hydrogen (secondary N) is 1. The first kappa shape index (κ1) is 15.3. The van der Waals surface area contributed by atoms with Crippen LogP contribution in [0.15, 0.2) is 0 Å². The van der Waals surface area contributed by atoms with Crippen LogP contribution in [-0.2, 0) is 4.74 Å². The van der Waals surface area contributed by atoms with Crippen LogP contribution < -0.4 is 5.32 Å². The summed E-state index contributed by atoms with van der Waals surface area (Å²) in [6.07, 6.45) is 10.3. The van der Waals surface area contributed by atoms with Gasteiger partial charge in [-0.1, -0.05) is 27.2 Å². The Labute approximate surface area is 119 Å². The molecule has 1 aliphatic carbocycles. The Kier molecular flexibility index (Phi) is 5.30. The van der Waals surface area contributed by atoms with E-state index in [0.29, 0.717) is 17.6 Å². The molecule has 0 spiro atoms. The van der Waals surface area contributed by atoms with Gasteiger partial charge in [-0.25, -0.2) is 0 Å². The number of ether oxygens (including phenoxy) is 1. The fourth-order valence-corrected chi connectivity index (χ4v) is 3.70. The zero-order chi connectivity index (χ0) is 13.9. The zero-order valence-electron chi connectivity index (χ0n) is 13.4. The molecule has 0 bridgehead atoms. The van der Waals surface area contributed by atoms with Crippen LogP contribution in [0, 0.1) is 11.3 Å². The maximum Gasteiger partial charge on any atom is 0.0704 e. The maximum atomic E-state index is 5.88. The quantitative estimate of drug-likeness (QED) is 0.808. The first-order valence-electron chi connectivity index (χ1n) is 8.40. The van der Waals surface area contributed by atoms with Gasteiger partial charge in [0.2, 0.25) is 0 Å². The van der Waals surface area contributed by atoms with Gasteiger partial charge in [0.05, 0.1) is 12.2 Å². The first-order chi connectivity index (χ1) is 9.01. The summed E-state index contributed by atoms with van der Waals surface area (Å²) in [7, 11) is 0. The van der Waals surface area contributed by atoms with Crippen molar-refractivity contribution in [1.82, 2.24) is 5.32 Å². The van der Waals surface area contributed by atoms with Crippen LogP contribution in [0.2, 0.25) is 0 Å². The lowest BCUT2D eigenvalue weighted by atomic mass is 9.69. The van der Waals surface area contributed by atoms with Crippen molar-refractivity contribution in [1.29, 1.82) is 0 Å². The van der Waals surface area contributed by atoms with Crippen LogP contribution in [-0.4, -0.2) is 24.8 Å². The topological polar surface area (TPSA) is 21.3 Å². The number of hydrogen-bond acceptors (Lipinski definition) is 2. The summed E-state index contributed by atoms with van der Waals surface area (Å²) in [5.41, 5.74) is 0.537. The van der Waals surface area contributed by atoms with Crippen LogP contribution in [0.5, 0.6) is 0 Å². The van der Waals surface area contributed by atoms with E-state index >= 15 is 0 Å². The third-order valence-corrected chi connectivity index (χ3v) is 5.70. The van der Waals surface area contributed by atoms with Crippen LogP contribution in [0.1, 0.15) is 72.6 Å². The van der Waals surface area contributed by atoms with Gasteiger partial charge in [0, 0.05) is 12.6 Å². The van der Waals surface area contributed by atoms with E-state index in [1.165, 1.54) is 44.9 Å². The fraction of sp³-hybridized carbons (Fsp3) is 1.00. The van der Waals surface area contributed by atoms with Crippen molar-refractivity contribution >= 4 is 0 Å². The van der Waals surface area contributed by atoms with Crippen molar-refractivity contribution in [2.45, 2.75) is 90.9 Å². The molecule has 1 heterocycles. The molecular weight excluding hydrogens is 234 g/mol. The molecule has 2 aliphatic rings. The Morgan fingerprint density at radius 2 is 1.74 bits per heavy atom. The van der Waals surface area contributed by atoms with Gasteiger partial charge in [-0.15, -0.1) is 0 Å². The Balaban J connectivity index is 1.66. The number of hydrogen-bond donors (Lipinski definition) is 1. The van der Waals surface area contributed by atoms with Crippen LogP contribution in [0.25, 0.3) is 0 Å². The van der Waals surface area contributed by atoms with Gasteiger partial charge in [-0.3, -0.25) is 0 Å². The number of rotatable bonds is 5. The molecule has 2 rings (SSSR count). The van der Waals surface area contributed by atoms with Gasteiger partial charge in [-0.2, -0.15) is 0 Å². The van der Waals surface area contributed by atoms with Crippen molar-refractivity contribution in [2.75, 3.05) is 6.54 Å². The third-order valence-electron chi connectivity index (χ3n) is 5.70. The molecule has 1 saturated carbocycles. The normalized spacial score (nSPS) is 36.6. The summed E-state index contributed by atoms with van der Waals surface area (Å²) in [6.45, 7) is 10.5. The molecule has 0 amide bonds. The molecule has 0 aromatic rings. The minimum atomic E-state index is 0.472. The van der Waals surface area contributed by atoms with E-state index < -0.39 is 0 Å². The second-order valence-electron chi connectivity index (χ2n) is 7.44. The molecule has 2 atom stereocenters. The summed E-state index contributed by atoms with van der Waals surface area (Å²) in [4.78, 5) is 0. The molecule has 112 valence electrons. The highest BCUT2D eigenvalue weighted by atomic mass is 16.5. The minimum absolute atomic E-state index is 0.472. The van der Waals surface area contributed by atoms with Crippen molar-refractivity contribution in [3.05, 3.63) is 0 Å². The van der Waals surface area contributed by atoms with Crippen molar-refractivity contribution < 1.29 is 4.74 Å². The van der Waals surface area contributed by atoms with Gasteiger partial charge in [-0.05, 0) is 56.8 Å². The SMILES string of the molecule is CCC(C)(C)C1CCC(NCC2CCC(C)O2)CC1. The lowest BCUT2D eigenvalue weighted by Gasteiger charge is -2.39. The second-order valence-corrected chi connectivity index (χ2v) is 7.44. The van der Waals surface area contributed by atoms with Gasteiger partial charge in [0.25, 0.3) is 0 Å². The zero-order valence-corrected chi connectivity index (χ0v) is 13.4. The molecule has 2 unspecified atom stereocenters. The molecule has 0 aromatic carbocycles. The van der Waals surface area contributed by atoms with Crippen LogP contribution >= 0.6 is 0 Å². The lowest BCUT2D eigenvalue weighted by Crippen LogP contribution is -2.40. The monoisotopic (exact) mass is 267 g/mol. The molecule has 2 nitrogen and oxygen atoms in total. The Morgan fingerprint density at radius 1 is 1.05 bits per heavy atom. The smallest absolute Gasteiger partial charge is 0.0704 e. The summed E-state index contributed by atoms with van der Waals surface area (Å²) in [5, 5.41) is 3.75. The van der Waals surface area contributed by atoms with E-state index in [-0.39, 0.29) is 0 Å². The fourth-order valence-electron chi connectivity index (χ4n) is 3.70. The molecule has 1 aliphatic heterocycles. The highest BCUT2D eigenvalue weighted by molar-refractivity contribution is 4.85. The van der Waals surface area contributed by atoms with E-state index in [1.54, 1.807) is 0 Å². The lowest BCUT2D eigenvalue weighted by molar-refractivity contribution is 0.0515. The highest BCUT2D eigenvalue weighted by Gasteiger charge is 2.32. The second kappa shape index (κ2) is 6.58. The van der Waals surface area contributed by atoms with E-state index in [0.717, 1.165) is 18.5 Å². The van der Waals surface area contributed by atoms with Crippen molar-refractivity contribution in [2.24, 2.45) is 11.3 Å². The summed E-state index contributed by atoms with van der Waals surface area (Å²) >= 11 is 0. The van der Waals surface area contributed by atoms with Crippen molar-refractivity contribution in [3.8, 4) is 0 Å². The maximum absolute atomic E-state index is 5.88. The molecule has 0 aromatic heterocycles.